The molecule has 0 radical (unpaired) electrons. The van der Waals surface area contributed by atoms with E-state index in [1.807, 2.05) is 44.6 Å². The lowest BCUT2D eigenvalue weighted by Gasteiger charge is -2.15. The Balaban J connectivity index is 1.57. The Morgan fingerprint density at radius 2 is 1.85 bits per heavy atom. The van der Waals surface area contributed by atoms with Crippen LogP contribution in [-0.4, -0.2) is 15.7 Å². The van der Waals surface area contributed by atoms with Gasteiger partial charge in [0.05, 0.1) is 11.7 Å². The Bertz CT molecular complexity index is 1020. The van der Waals surface area contributed by atoms with Crippen LogP contribution in [-0.2, 0) is 13.5 Å². The summed E-state index contributed by atoms with van der Waals surface area (Å²) in [5, 5.41) is 7.57. The van der Waals surface area contributed by atoms with E-state index >= 15 is 0 Å². The summed E-state index contributed by atoms with van der Waals surface area (Å²) < 4.78 is 1.86. The molecule has 132 valence electrons. The van der Waals surface area contributed by atoms with Crippen molar-refractivity contribution in [1.82, 2.24) is 15.1 Å². The average molecular weight is 345 g/mol. The monoisotopic (exact) mass is 345 g/mol. The Labute approximate surface area is 153 Å². The minimum Gasteiger partial charge on any atom is -0.345 e. The highest BCUT2D eigenvalue weighted by Crippen LogP contribution is 2.36. The van der Waals surface area contributed by atoms with Crippen LogP contribution in [0.1, 0.15) is 51.4 Å². The van der Waals surface area contributed by atoms with Gasteiger partial charge in [-0.1, -0.05) is 30.3 Å². The maximum Gasteiger partial charge on any atom is 0.251 e. The molecule has 1 amide bonds. The average Bonchev–Trinajstić information content (AvgIpc) is 3.10. The van der Waals surface area contributed by atoms with Gasteiger partial charge in [-0.3, -0.25) is 9.48 Å². The predicted octanol–water partition coefficient (Wildman–Crippen LogP) is 4.10. The molecule has 3 aromatic rings. The normalized spacial score (nSPS) is 13.2. The van der Waals surface area contributed by atoms with Crippen molar-refractivity contribution in [3.05, 3.63) is 76.1 Å². The van der Waals surface area contributed by atoms with Gasteiger partial charge in [0.2, 0.25) is 0 Å². The lowest BCUT2D eigenvalue weighted by molar-refractivity contribution is 0.0939. The minimum absolute atomic E-state index is 0.0427. The summed E-state index contributed by atoms with van der Waals surface area (Å²) in [7, 11) is 1.93. The van der Waals surface area contributed by atoms with Gasteiger partial charge in [0.15, 0.2) is 0 Å². The second-order valence-corrected chi connectivity index (χ2v) is 7.11. The van der Waals surface area contributed by atoms with Crippen molar-refractivity contribution in [1.29, 1.82) is 0 Å². The Hall–Kier alpha value is -2.88. The van der Waals surface area contributed by atoms with Crippen LogP contribution in [0.15, 0.2) is 42.5 Å². The van der Waals surface area contributed by atoms with Crippen molar-refractivity contribution < 1.29 is 4.79 Å². The molecule has 1 N–H and O–H groups in total. The molecule has 1 aliphatic rings. The summed E-state index contributed by atoms with van der Waals surface area (Å²) in [6.45, 7) is 6.03. The maximum absolute atomic E-state index is 12.8. The first-order valence-electron chi connectivity index (χ1n) is 8.98. The quantitative estimate of drug-likeness (QED) is 0.608. The lowest BCUT2D eigenvalue weighted by atomic mass is 10.0. The summed E-state index contributed by atoms with van der Waals surface area (Å²) in [6.07, 6.45) is 0.892. The number of carbonyl (C=O) groups excluding carboxylic acids is 1. The third-order valence-corrected chi connectivity index (χ3v) is 5.40. The number of nitrogens with one attached hydrogen (secondary N) is 1. The first-order chi connectivity index (χ1) is 12.5. The van der Waals surface area contributed by atoms with Gasteiger partial charge < -0.3 is 5.32 Å². The van der Waals surface area contributed by atoms with Crippen LogP contribution in [0.2, 0.25) is 0 Å². The standard InChI is InChI=1S/C22H23N3O/c1-13(21-14(2)24-25(4)15(21)3)23-22(26)17-9-10-20-18(12-17)11-16-7-5-6-8-19(16)20/h5-10,12-13H,11H2,1-4H3,(H,23,26)/t13-/m1/s1. The first-order valence-corrected chi connectivity index (χ1v) is 8.98. The fourth-order valence-electron chi connectivity index (χ4n) is 4.06. The van der Waals surface area contributed by atoms with Gasteiger partial charge in [-0.25, -0.2) is 0 Å². The van der Waals surface area contributed by atoms with E-state index in [-0.39, 0.29) is 11.9 Å². The second-order valence-electron chi connectivity index (χ2n) is 7.11. The third kappa shape index (κ3) is 2.62. The Morgan fingerprint density at radius 1 is 1.12 bits per heavy atom. The van der Waals surface area contributed by atoms with Gasteiger partial charge in [-0.15, -0.1) is 0 Å². The fraction of sp³-hybridized carbons (Fsp3) is 0.273. The van der Waals surface area contributed by atoms with Crippen molar-refractivity contribution in [3.8, 4) is 11.1 Å². The van der Waals surface area contributed by atoms with Crippen molar-refractivity contribution in [3.63, 3.8) is 0 Å². The number of aryl methyl sites for hydroxylation is 2. The van der Waals surface area contributed by atoms with Crippen LogP contribution in [0, 0.1) is 13.8 Å². The molecular weight excluding hydrogens is 322 g/mol. The predicted molar refractivity (Wildman–Crippen MR) is 103 cm³/mol. The first kappa shape index (κ1) is 16.6. The Morgan fingerprint density at radius 3 is 2.58 bits per heavy atom. The summed E-state index contributed by atoms with van der Waals surface area (Å²) in [5.41, 5.74) is 8.92. The second kappa shape index (κ2) is 6.13. The fourth-order valence-corrected chi connectivity index (χ4v) is 4.06. The number of nitrogens with zero attached hydrogens (tertiary/aromatic N) is 2. The van der Waals surface area contributed by atoms with Crippen LogP contribution < -0.4 is 5.32 Å². The molecule has 1 aliphatic carbocycles. The number of amides is 1. The molecule has 26 heavy (non-hydrogen) atoms. The Kier molecular flexibility index (Phi) is 3.91. The molecule has 0 bridgehead atoms. The van der Waals surface area contributed by atoms with Crippen molar-refractivity contribution in [2.24, 2.45) is 7.05 Å². The molecular formula is C22H23N3O. The molecule has 1 aromatic heterocycles. The van der Waals surface area contributed by atoms with Crippen molar-refractivity contribution in [2.45, 2.75) is 33.2 Å². The van der Waals surface area contributed by atoms with Crippen LogP contribution in [0.25, 0.3) is 11.1 Å². The van der Waals surface area contributed by atoms with Gasteiger partial charge in [0.1, 0.15) is 0 Å². The van der Waals surface area contributed by atoms with Gasteiger partial charge in [0, 0.05) is 23.9 Å². The largest absolute Gasteiger partial charge is 0.345 e. The number of hydrogen-bond donors (Lipinski definition) is 1. The summed E-state index contributed by atoms with van der Waals surface area (Å²) in [6, 6.07) is 14.4. The van der Waals surface area contributed by atoms with E-state index in [1.54, 1.807) is 0 Å². The topological polar surface area (TPSA) is 46.9 Å². The highest BCUT2D eigenvalue weighted by atomic mass is 16.1. The molecule has 0 saturated carbocycles. The number of benzene rings is 2. The van der Waals surface area contributed by atoms with E-state index < -0.39 is 0 Å². The van der Waals surface area contributed by atoms with Gasteiger partial charge in [0.25, 0.3) is 5.91 Å². The zero-order valence-electron chi connectivity index (χ0n) is 15.6. The molecule has 0 fully saturated rings. The van der Waals surface area contributed by atoms with Crippen LogP contribution in [0.5, 0.6) is 0 Å². The number of rotatable bonds is 3. The van der Waals surface area contributed by atoms with Gasteiger partial charge in [-0.05, 0) is 61.6 Å². The van der Waals surface area contributed by atoms with Crippen LogP contribution in [0.4, 0.5) is 0 Å². The smallest absolute Gasteiger partial charge is 0.251 e. The lowest BCUT2D eigenvalue weighted by Crippen LogP contribution is -2.27. The number of carbonyl (C=O) groups is 1. The molecule has 4 rings (SSSR count). The molecule has 0 saturated heterocycles. The maximum atomic E-state index is 12.8. The minimum atomic E-state index is -0.0818. The van der Waals surface area contributed by atoms with E-state index in [1.165, 1.54) is 22.3 Å². The van der Waals surface area contributed by atoms with E-state index in [4.69, 9.17) is 0 Å². The highest BCUT2D eigenvalue weighted by Gasteiger charge is 2.22. The third-order valence-electron chi connectivity index (χ3n) is 5.40. The molecule has 2 aromatic carbocycles. The number of hydrogen-bond acceptors (Lipinski definition) is 2. The number of aromatic nitrogens is 2. The SMILES string of the molecule is Cc1nn(C)c(C)c1[C@@H](C)NC(=O)c1ccc2c(c1)Cc1ccccc1-2. The number of fused-ring (bicyclic) bond motifs is 3. The molecule has 1 atom stereocenters. The molecule has 1 heterocycles. The zero-order chi connectivity index (χ0) is 18.4. The van der Waals surface area contributed by atoms with E-state index in [2.05, 4.69) is 40.7 Å². The van der Waals surface area contributed by atoms with Crippen molar-refractivity contribution in [2.75, 3.05) is 0 Å². The summed E-state index contributed by atoms with van der Waals surface area (Å²) in [4.78, 5) is 12.8. The summed E-state index contributed by atoms with van der Waals surface area (Å²) in [5.74, 6) is -0.0427. The molecule has 4 nitrogen and oxygen atoms in total. The van der Waals surface area contributed by atoms with E-state index in [0.717, 1.165) is 23.4 Å². The van der Waals surface area contributed by atoms with E-state index in [0.29, 0.717) is 5.56 Å². The van der Waals surface area contributed by atoms with Crippen molar-refractivity contribution >= 4 is 5.91 Å². The van der Waals surface area contributed by atoms with Gasteiger partial charge in [-0.2, -0.15) is 5.10 Å². The molecule has 4 heteroatoms. The molecule has 0 unspecified atom stereocenters. The van der Waals surface area contributed by atoms with Gasteiger partial charge >= 0.3 is 0 Å². The zero-order valence-corrected chi connectivity index (χ0v) is 15.6. The molecule has 0 aliphatic heterocycles. The molecule has 0 spiro atoms. The van der Waals surface area contributed by atoms with E-state index in [9.17, 15) is 4.79 Å². The summed E-state index contributed by atoms with van der Waals surface area (Å²) >= 11 is 0. The van der Waals surface area contributed by atoms with Crippen LogP contribution >= 0.6 is 0 Å². The van der Waals surface area contributed by atoms with Crippen LogP contribution in [0.3, 0.4) is 0 Å². The highest BCUT2D eigenvalue weighted by molar-refractivity contribution is 5.96.